The van der Waals surface area contributed by atoms with Crippen molar-refractivity contribution in [3.05, 3.63) is 59.7 Å². The van der Waals surface area contributed by atoms with Crippen LogP contribution >= 0.6 is 0 Å². The molecule has 0 amide bonds. The maximum atomic E-state index is 12.6. The summed E-state index contributed by atoms with van der Waals surface area (Å²) in [6.45, 7) is 3.77. The molecule has 0 fully saturated rings. The highest BCUT2D eigenvalue weighted by atomic mass is 19.4. The zero-order valence-electron chi connectivity index (χ0n) is 15.4. The molecule has 0 unspecified atom stereocenters. The van der Waals surface area contributed by atoms with Crippen LogP contribution in [-0.4, -0.2) is 25.2 Å². The predicted molar refractivity (Wildman–Crippen MR) is 96.8 cm³/mol. The summed E-state index contributed by atoms with van der Waals surface area (Å²) in [5.74, 6) is 0.0214. The fraction of sp³-hybridized carbons (Fsp3) is 0.350. The number of anilines is 1. The first-order valence-corrected chi connectivity index (χ1v) is 8.39. The summed E-state index contributed by atoms with van der Waals surface area (Å²) in [5, 5.41) is 3.19. The fourth-order valence-electron chi connectivity index (χ4n) is 2.46. The molecule has 0 heterocycles. The Balaban J connectivity index is 1.92. The monoisotopic (exact) mass is 381 g/mol. The van der Waals surface area contributed by atoms with Crippen LogP contribution in [0.1, 0.15) is 25.0 Å². The van der Waals surface area contributed by atoms with E-state index < -0.39 is 23.3 Å². The van der Waals surface area contributed by atoms with Crippen LogP contribution in [0.2, 0.25) is 0 Å². The van der Waals surface area contributed by atoms with Gasteiger partial charge in [-0.15, -0.1) is 0 Å². The molecule has 2 aromatic carbocycles. The smallest absolute Gasteiger partial charge is 0.416 e. The van der Waals surface area contributed by atoms with E-state index in [9.17, 15) is 18.0 Å². The third-order valence-corrected chi connectivity index (χ3v) is 3.91. The Morgan fingerprint density at radius 1 is 1.07 bits per heavy atom. The van der Waals surface area contributed by atoms with Crippen molar-refractivity contribution in [2.24, 2.45) is 0 Å². The van der Waals surface area contributed by atoms with E-state index in [-0.39, 0.29) is 0 Å². The molecular weight excluding hydrogens is 359 g/mol. The summed E-state index contributed by atoms with van der Waals surface area (Å²) in [4.78, 5) is 11.7. The van der Waals surface area contributed by atoms with Gasteiger partial charge in [0.1, 0.15) is 5.75 Å². The Hall–Kier alpha value is -2.70. The van der Waals surface area contributed by atoms with Gasteiger partial charge in [0.25, 0.3) is 0 Å². The van der Waals surface area contributed by atoms with Gasteiger partial charge in [0.05, 0.1) is 12.7 Å². The van der Waals surface area contributed by atoms with Gasteiger partial charge in [-0.1, -0.05) is 18.2 Å². The molecule has 0 aliphatic carbocycles. The van der Waals surface area contributed by atoms with Crippen LogP contribution in [0.4, 0.5) is 18.9 Å². The normalized spacial score (nSPS) is 11.8. The Bertz CT molecular complexity index is 771. The van der Waals surface area contributed by atoms with Crippen LogP contribution in [0.3, 0.4) is 0 Å². The first kappa shape index (κ1) is 20.6. The minimum absolute atomic E-state index is 0.483. The first-order valence-electron chi connectivity index (χ1n) is 8.39. The predicted octanol–water partition coefficient (Wildman–Crippen LogP) is 4.69. The van der Waals surface area contributed by atoms with Gasteiger partial charge in [0, 0.05) is 18.3 Å². The Kier molecular flexibility index (Phi) is 6.36. The van der Waals surface area contributed by atoms with Crippen molar-refractivity contribution in [3.8, 4) is 5.75 Å². The molecule has 0 spiro atoms. The molecule has 0 aromatic heterocycles. The van der Waals surface area contributed by atoms with Crippen molar-refractivity contribution in [3.63, 3.8) is 0 Å². The molecule has 0 saturated carbocycles. The summed E-state index contributed by atoms with van der Waals surface area (Å²) in [7, 11) is 1.30. The Morgan fingerprint density at radius 2 is 1.74 bits per heavy atom. The van der Waals surface area contributed by atoms with E-state index in [0.29, 0.717) is 18.7 Å². The molecule has 0 aliphatic heterocycles. The summed E-state index contributed by atoms with van der Waals surface area (Å²) >= 11 is 0. The Morgan fingerprint density at radius 3 is 2.33 bits per heavy atom. The summed E-state index contributed by atoms with van der Waals surface area (Å²) in [6.07, 6.45) is -3.76. The lowest BCUT2D eigenvalue weighted by molar-refractivity contribution is -0.156. The van der Waals surface area contributed by atoms with Crippen molar-refractivity contribution < 1.29 is 27.4 Å². The minimum Gasteiger partial charge on any atom is -0.476 e. The van der Waals surface area contributed by atoms with Crippen LogP contribution in [0.15, 0.2) is 48.5 Å². The number of hydrogen-bond acceptors (Lipinski definition) is 4. The van der Waals surface area contributed by atoms with Crippen LogP contribution in [0.25, 0.3) is 0 Å². The summed E-state index contributed by atoms with van der Waals surface area (Å²) < 4.78 is 48.1. The quantitative estimate of drug-likeness (QED) is 0.707. The van der Waals surface area contributed by atoms with Crippen molar-refractivity contribution in [2.75, 3.05) is 19.0 Å². The molecule has 0 bridgehead atoms. The van der Waals surface area contributed by atoms with Crippen molar-refractivity contribution in [2.45, 2.75) is 32.0 Å². The second kappa shape index (κ2) is 8.33. The summed E-state index contributed by atoms with van der Waals surface area (Å²) in [5.41, 5.74) is -0.194. The molecule has 7 heteroatoms. The van der Waals surface area contributed by atoms with Crippen LogP contribution in [0, 0.1) is 0 Å². The van der Waals surface area contributed by atoms with E-state index in [0.717, 1.165) is 23.4 Å². The zero-order valence-corrected chi connectivity index (χ0v) is 15.4. The van der Waals surface area contributed by atoms with Crippen molar-refractivity contribution >= 4 is 11.7 Å². The number of halogens is 3. The maximum Gasteiger partial charge on any atom is 0.416 e. The highest BCUT2D eigenvalue weighted by Crippen LogP contribution is 2.29. The van der Waals surface area contributed by atoms with Gasteiger partial charge in [0.2, 0.25) is 0 Å². The van der Waals surface area contributed by atoms with Gasteiger partial charge >= 0.3 is 12.1 Å². The van der Waals surface area contributed by atoms with Crippen molar-refractivity contribution in [1.29, 1.82) is 0 Å². The average molecular weight is 381 g/mol. The lowest BCUT2D eigenvalue weighted by Crippen LogP contribution is -2.39. The molecular formula is C20H22F3NO3. The SMILES string of the molecule is COC(=O)C(C)(C)Oc1cccc(NCCc2ccc(C(F)(F)F)cc2)c1. The van der Waals surface area contributed by atoms with E-state index in [1.165, 1.54) is 19.2 Å². The second-order valence-electron chi connectivity index (χ2n) is 6.50. The zero-order chi connectivity index (χ0) is 20.1. The molecule has 2 rings (SSSR count). The van der Waals surface area contributed by atoms with Crippen LogP contribution < -0.4 is 10.1 Å². The topological polar surface area (TPSA) is 47.6 Å². The number of alkyl halides is 3. The number of carbonyl (C=O) groups excluding carboxylic acids is 1. The molecule has 4 nitrogen and oxygen atoms in total. The number of methoxy groups -OCH3 is 1. The molecule has 0 saturated heterocycles. The molecule has 2 aromatic rings. The van der Waals surface area contributed by atoms with Crippen LogP contribution in [0.5, 0.6) is 5.75 Å². The third-order valence-electron chi connectivity index (χ3n) is 3.91. The fourth-order valence-corrected chi connectivity index (χ4v) is 2.46. The van der Waals surface area contributed by atoms with Crippen LogP contribution in [-0.2, 0) is 22.1 Å². The van der Waals surface area contributed by atoms with Gasteiger partial charge in [-0.3, -0.25) is 0 Å². The molecule has 0 radical (unpaired) electrons. The number of carbonyl (C=O) groups is 1. The lowest BCUT2D eigenvalue weighted by Gasteiger charge is -2.23. The van der Waals surface area contributed by atoms with E-state index in [1.54, 1.807) is 32.0 Å². The highest BCUT2D eigenvalue weighted by molar-refractivity contribution is 5.78. The molecule has 146 valence electrons. The van der Waals surface area contributed by atoms with Gasteiger partial charge in [-0.05, 0) is 50.1 Å². The average Bonchev–Trinajstić information content (AvgIpc) is 2.60. The van der Waals surface area contributed by atoms with Gasteiger partial charge < -0.3 is 14.8 Å². The number of benzene rings is 2. The van der Waals surface area contributed by atoms with Gasteiger partial charge in [-0.2, -0.15) is 13.2 Å². The molecule has 0 atom stereocenters. The minimum atomic E-state index is -4.32. The largest absolute Gasteiger partial charge is 0.476 e. The number of esters is 1. The lowest BCUT2D eigenvalue weighted by atomic mass is 10.1. The van der Waals surface area contributed by atoms with E-state index >= 15 is 0 Å². The molecule has 27 heavy (non-hydrogen) atoms. The number of hydrogen-bond donors (Lipinski definition) is 1. The maximum absolute atomic E-state index is 12.6. The number of nitrogens with one attached hydrogen (secondary N) is 1. The Labute approximate surface area is 156 Å². The second-order valence-corrected chi connectivity index (χ2v) is 6.50. The number of ether oxygens (including phenoxy) is 2. The van der Waals surface area contributed by atoms with Crippen molar-refractivity contribution in [1.82, 2.24) is 0 Å². The summed E-state index contributed by atoms with van der Waals surface area (Å²) in [6, 6.07) is 12.2. The van der Waals surface area contributed by atoms with E-state index in [1.807, 2.05) is 6.07 Å². The van der Waals surface area contributed by atoms with Gasteiger partial charge in [-0.25, -0.2) is 4.79 Å². The third kappa shape index (κ3) is 5.91. The van der Waals surface area contributed by atoms with E-state index in [4.69, 9.17) is 9.47 Å². The number of rotatable bonds is 7. The highest BCUT2D eigenvalue weighted by Gasteiger charge is 2.31. The van der Waals surface area contributed by atoms with Gasteiger partial charge in [0.15, 0.2) is 5.60 Å². The molecule has 1 N–H and O–H groups in total. The van der Waals surface area contributed by atoms with E-state index in [2.05, 4.69) is 5.32 Å². The molecule has 0 aliphatic rings. The first-order chi connectivity index (χ1) is 12.6. The standard InChI is InChI=1S/C20H22F3NO3/c1-19(2,18(25)26-3)27-17-6-4-5-16(13-17)24-12-11-14-7-9-15(10-8-14)20(21,22)23/h4-10,13,24H,11-12H2,1-3H3.